The Morgan fingerprint density at radius 2 is 1.91 bits per heavy atom. The molecule has 11 nitrogen and oxygen atoms in total. The Kier molecular flexibility index (Phi) is 13.2. The summed E-state index contributed by atoms with van der Waals surface area (Å²) in [6.07, 6.45) is 5.60. The van der Waals surface area contributed by atoms with Gasteiger partial charge in [-0.15, -0.1) is 6.58 Å². The second kappa shape index (κ2) is 15.9. The minimum Gasteiger partial charge on any atom is -0.439 e. The van der Waals surface area contributed by atoms with E-state index < -0.39 is 53.8 Å². The van der Waals surface area contributed by atoms with E-state index in [2.05, 4.69) is 17.2 Å². The maximum Gasteiger partial charge on any atom is 0.405 e. The molecular weight excluding hydrogens is 554 g/mol. The number of aliphatic hydroxyl groups excluding tert-OH is 1. The van der Waals surface area contributed by atoms with Gasteiger partial charge in [0.15, 0.2) is 17.7 Å². The van der Waals surface area contributed by atoms with Crippen molar-refractivity contribution >= 4 is 23.6 Å². The fraction of sp³-hybridized carbons (Fsp3) is 0.562. The molecule has 0 radical (unpaired) electrons. The predicted molar refractivity (Wildman–Crippen MR) is 163 cm³/mol. The Hall–Kier alpha value is -3.38. The number of hydrogen-bond donors (Lipinski definition) is 4. The number of carbonyl (C=O) groups excluding carboxylic acids is 4. The lowest BCUT2D eigenvalue weighted by Gasteiger charge is -2.41. The van der Waals surface area contributed by atoms with Gasteiger partial charge in [0, 0.05) is 38.3 Å². The smallest absolute Gasteiger partial charge is 0.405 e. The molecule has 0 saturated carbocycles. The third-order valence-corrected chi connectivity index (χ3v) is 8.11. The van der Waals surface area contributed by atoms with Gasteiger partial charge in [0.1, 0.15) is 6.10 Å². The zero-order valence-corrected chi connectivity index (χ0v) is 26.2. The normalized spacial score (nSPS) is 36.3. The zero-order valence-electron chi connectivity index (χ0n) is 26.2. The SMILES string of the molecule is C=CCNC1C(=O)C=C2NC(=O)/C(C)=C/C=C\[C@@H](OC)[C@H](OC(N)=O)/C(C)=C/[C@@H](C)[C@H](O)[C@H](OC)C[C@@H](C)CC1(C)C2=O. The molecule has 2 bridgehead atoms. The number of nitrogens with two attached hydrogens (primary N) is 1. The van der Waals surface area contributed by atoms with Gasteiger partial charge in [0.05, 0.1) is 29.4 Å². The standard InChI is InChI=1S/C32H47N3O8/c1-9-13-34-28-23(36)16-22-29(38)32(28,6)17-18(2)14-25(42-8)26(37)20(4)15-21(5)27(43-31(33)40)24(41-7)12-10-11-19(3)30(39)35-22/h9-12,15-16,18,20,24-28,34,37H,1,13-14,17H2,2-8H3,(H2,33,40)(H,35,39)/b12-10-,19-11+,21-15+/t18-,20-,24-,25-,26+,27-,28?,32?/m1/s1. The molecular formula is C32H47N3O8. The molecule has 1 aliphatic carbocycles. The molecule has 0 aromatic carbocycles. The van der Waals surface area contributed by atoms with E-state index in [-0.39, 0.29) is 35.2 Å². The predicted octanol–water partition coefficient (Wildman–Crippen LogP) is 2.66. The molecule has 0 aromatic heterocycles. The number of ether oxygens (including phenoxy) is 3. The monoisotopic (exact) mass is 601 g/mol. The van der Waals surface area contributed by atoms with Crippen molar-refractivity contribution in [3.63, 3.8) is 0 Å². The maximum absolute atomic E-state index is 13.9. The number of methoxy groups -OCH3 is 2. The molecule has 0 aromatic rings. The van der Waals surface area contributed by atoms with Crippen LogP contribution in [-0.2, 0) is 28.6 Å². The van der Waals surface area contributed by atoms with Gasteiger partial charge in [0.25, 0.3) is 5.91 Å². The van der Waals surface area contributed by atoms with Crippen LogP contribution in [0.25, 0.3) is 0 Å². The summed E-state index contributed by atoms with van der Waals surface area (Å²) in [5.74, 6) is -1.89. The highest BCUT2D eigenvalue weighted by atomic mass is 16.6. The molecule has 43 heavy (non-hydrogen) atoms. The Morgan fingerprint density at radius 3 is 2.49 bits per heavy atom. The van der Waals surface area contributed by atoms with Crippen molar-refractivity contribution in [2.24, 2.45) is 23.0 Å². The number of fused-ring (bicyclic) bond motifs is 2. The first kappa shape index (κ1) is 35.8. The van der Waals surface area contributed by atoms with Crippen molar-refractivity contribution in [1.29, 1.82) is 0 Å². The van der Waals surface area contributed by atoms with Gasteiger partial charge in [-0.1, -0.05) is 51.2 Å². The highest BCUT2D eigenvalue weighted by molar-refractivity contribution is 6.16. The van der Waals surface area contributed by atoms with Crippen LogP contribution in [0, 0.1) is 17.3 Å². The molecule has 0 spiro atoms. The van der Waals surface area contributed by atoms with Crippen molar-refractivity contribution in [3.8, 4) is 0 Å². The van der Waals surface area contributed by atoms with Crippen LogP contribution in [0.15, 0.2) is 59.9 Å². The van der Waals surface area contributed by atoms with Crippen LogP contribution in [-0.4, -0.2) is 79.9 Å². The number of carbonyl (C=O) groups is 4. The van der Waals surface area contributed by atoms with Gasteiger partial charge < -0.3 is 35.7 Å². The number of amides is 2. The van der Waals surface area contributed by atoms with Crippen LogP contribution in [0.4, 0.5) is 4.79 Å². The average molecular weight is 602 g/mol. The molecule has 238 valence electrons. The molecule has 11 heteroatoms. The van der Waals surface area contributed by atoms with Gasteiger partial charge >= 0.3 is 6.09 Å². The first-order valence-corrected chi connectivity index (χ1v) is 14.4. The van der Waals surface area contributed by atoms with Gasteiger partial charge in [-0.05, 0) is 38.2 Å². The van der Waals surface area contributed by atoms with Gasteiger partial charge in [0.2, 0.25) is 0 Å². The van der Waals surface area contributed by atoms with Crippen LogP contribution in [0.2, 0.25) is 0 Å². The molecule has 1 aliphatic heterocycles. The van der Waals surface area contributed by atoms with Crippen molar-refractivity contribution in [1.82, 2.24) is 10.6 Å². The first-order chi connectivity index (χ1) is 20.2. The molecule has 8 atom stereocenters. The minimum atomic E-state index is -1.20. The van der Waals surface area contributed by atoms with E-state index >= 15 is 0 Å². The van der Waals surface area contributed by atoms with Crippen molar-refractivity contribution < 1.29 is 38.5 Å². The number of hydrogen-bond acceptors (Lipinski definition) is 9. The molecule has 0 saturated heterocycles. The van der Waals surface area contributed by atoms with Gasteiger partial charge in [-0.2, -0.15) is 0 Å². The molecule has 2 rings (SSSR count). The second-order valence-electron chi connectivity index (χ2n) is 11.7. The number of allylic oxidation sites excluding steroid dienone is 3. The van der Waals surface area contributed by atoms with Crippen LogP contribution in [0.5, 0.6) is 0 Å². The van der Waals surface area contributed by atoms with E-state index in [4.69, 9.17) is 19.9 Å². The first-order valence-electron chi connectivity index (χ1n) is 14.4. The molecule has 2 aliphatic rings. The highest BCUT2D eigenvalue weighted by Gasteiger charge is 2.49. The zero-order chi connectivity index (χ0) is 32.5. The quantitative estimate of drug-likeness (QED) is 0.335. The summed E-state index contributed by atoms with van der Waals surface area (Å²) < 4.78 is 16.6. The largest absolute Gasteiger partial charge is 0.439 e. The van der Waals surface area contributed by atoms with E-state index in [1.54, 1.807) is 45.1 Å². The van der Waals surface area contributed by atoms with Crippen molar-refractivity contribution in [2.45, 2.75) is 77.9 Å². The average Bonchev–Trinajstić information content (AvgIpc) is 2.94. The number of aliphatic hydroxyl groups is 1. The van der Waals surface area contributed by atoms with E-state index in [1.165, 1.54) is 26.4 Å². The lowest BCUT2D eigenvalue weighted by Crippen LogP contribution is -2.58. The summed E-state index contributed by atoms with van der Waals surface area (Å²) in [4.78, 5) is 52.1. The molecule has 2 amide bonds. The van der Waals surface area contributed by atoms with Crippen LogP contribution >= 0.6 is 0 Å². The number of nitrogens with one attached hydrogen (secondary N) is 2. The number of ketones is 2. The van der Waals surface area contributed by atoms with E-state index in [1.807, 2.05) is 13.8 Å². The van der Waals surface area contributed by atoms with Crippen LogP contribution in [0.1, 0.15) is 47.5 Å². The fourth-order valence-electron chi connectivity index (χ4n) is 5.85. The topological polar surface area (TPSA) is 166 Å². The van der Waals surface area contributed by atoms with E-state index in [0.717, 1.165) is 0 Å². The summed E-state index contributed by atoms with van der Waals surface area (Å²) in [5.41, 5.74) is 4.91. The molecule has 2 unspecified atom stereocenters. The van der Waals surface area contributed by atoms with E-state index in [0.29, 0.717) is 18.5 Å². The third-order valence-electron chi connectivity index (χ3n) is 8.11. The van der Waals surface area contributed by atoms with E-state index in [9.17, 15) is 24.3 Å². The molecule has 0 fully saturated rings. The minimum absolute atomic E-state index is 0.0857. The summed E-state index contributed by atoms with van der Waals surface area (Å²) in [6, 6.07) is -0.835. The van der Waals surface area contributed by atoms with Gasteiger partial charge in [-0.3, -0.25) is 14.4 Å². The van der Waals surface area contributed by atoms with Crippen molar-refractivity contribution in [3.05, 3.63) is 59.9 Å². The summed E-state index contributed by atoms with van der Waals surface area (Å²) in [7, 11) is 2.94. The summed E-state index contributed by atoms with van der Waals surface area (Å²) in [5, 5.41) is 17.0. The van der Waals surface area contributed by atoms with Gasteiger partial charge in [-0.25, -0.2) is 4.79 Å². The Morgan fingerprint density at radius 1 is 1.23 bits per heavy atom. The summed E-state index contributed by atoms with van der Waals surface area (Å²) in [6.45, 7) is 12.8. The maximum atomic E-state index is 13.9. The van der Waals surface area contributed by atoms with Crippen LogP contribution in [0.3, 0.4) is 0 Å². The Bertz CT molecular complexity index is 1190. The van der Waals surface area contributed by atoms with Crippen LogP contribution < -0.4 is 16.4 Å². The third kappa shape index (κ3) is 9.06. The molecule has 5 N–H and O–H groups in total. The number of rotatable bonds is 6. The summed E-state index contributed by atoms with van der Waals surface area (Å²) >= 11 is 0. The number of Topliss-reactive ketones (excluding diaryl/α,β-unsaturated/α-hetero) is 1. The van der Waals surface area contributed by atoms with Crippen molar-refractivity contribution in [2.75, 3.05) is 20.8 Å². The fourth-order valence-corrected chi connectivity index (χ4v) is 5.85. The molecule has 1 heterocycles. The second-order valence-corrected chi connectivity index (χ2v) is 11.7. The number of primary amides is 1. The Labute approximate surface area is 254 Å². The Balaban J connectivity index is 2.65. The highest BCUT2D eigenvalue weighted by Crippen LogP contribution is 2.39. The lowest BCUT2D eigenvalue weighted by atomic mass is 9.66. The lowest BCUT2D eigenvalue weighted by molar-refractivity contribution is -0.135.